The Morgan fingerprint density at radius 1 is 1.39 bits per heavy atom. The third-order valence-electron chi connectivity index (χ3n) is 2.80. The van der Waals surface area contributed by atoms with E-state index in [0.717, 1.165) is 24.6 Å². The number of anilines is 1. The molecule has 2 N–H and O–H groups in total. The summed E-state index contributed by atoms with van der Waals surface area (Å²) in [7, 11) is 2.05. The monoisotopic (exact) mass is 262 g/mol. The van der Waals surface area contributed by atoms with Crippen molar-refractivity contribution in [2.24, 2.45) is 5.73 Å². The largest absolute Gasteiger partial charge is 0.354 e. The molecule has 0 aliphatic carbocycles. The molecule has 96 valence electrons. The maximum absolute atomic E-state index is 5.52. The zero-order chi connectivity index (χ0) is 13.0. The van der Waals surface area contributed by atoms with Crippen LogP contribution in [0.3, 0.4) is 0 Å². The fraction of sp³-hybridized carbons (Fsp3) is 0.385. The van der Waals surface area contributed by atoms with Gasteiger partial charge in [0.2, 0.25) is 0 Å². The van der Waals surface area contributed by atoms with E-state index in [1.807, 2.05) is 13.1 Å². The lowest BCUT2D eigenvalue weighted by molar-refractivity contribution is 0.835. The fourth-order valence-corrected chi connectivity index (χ4v) is 2.67. The Morgan fingerprint density at radius 3 is 2.89 bits per heavy atom. The molecule has 18 heavy (non-hydrogen) atoms. The maximum atomic E-state index is 5.52. The molecule has 2 aromatic heterocycles. The number of thiophene rings is 1. The van der Waals surface area contributed by atoms with Crippen LogP contribution in [-0.4, -0.2) is 23.6 Å². The first kappa shape index (κ1) is 13.0. The van der Waals surface area contributed by atoms with E-state index in [0.29, 0.717) is 6.54 Å². The predicted octanol–water partition coefficient (Wildman–Crippen LogP) is 1.98. The Bertz CT molecular complexity index is 509. The zero-order valence-corrected chi connectivity index (χ0v) is 11.6. The Morgan fingerprint density at radius 2 is 2.22 bits per heavy atom. The second-order valence-electron chi connectivity index (χ2n) is 4.25. The van der Waals surface area contributed by atoms with Gasteiger partial charge in [-0.3, -0.25) is 0 Å². The highest BCUT2D eigenvalue weighted by Gasteiger charge is 2.07. The molecular weight excluding hydrogens is 244 g/mol. The van der Waals surface area contributed by atoms with Gasteiger partial charge in [-0.25, -0.2) is 9.97 Å². The van der Waals surface area contributed by atoms with Crippen LogP contribution >= 0.6 is 11.3 Å². The molecule has 0 spiro atoms. The van der Waals surface area contributed by atoms with E-state index in [1.165, 1.54) is 10.4 Å². The van der Waals surface area contributed by atoms with Gasteiger partial charge in [-0.1, -0.05) is 0 Å². The van der Waals surface area contributed by atoms with Gasteiger partial charge in [0.1, 0.15) is 11.6 Å². The first-order valence-electron chi connectivity index (χ1n) is 5.97. The number of nitrogens with zero attached hydrogens (tertiary/aromatic N) is 3. The van der Waals surface area contributed by atoms with E-state index in [1.54, 1.807) is 17.5 Å². The molecule has 5 heteroatoms. The van der Waals surface area contributed by atoms with Crippen molar-refractivity contribution in [1.29, 1.82) is 0 Å². The first-order valence-corrected chi connectivity index (χ1v) is 6.84. The van der Waals surface area contributed by atoms with Crippen LogP contribution in [0.5, 0.6) is 0 Å². The summed E-state index contributed by atoms with van der Waals surface area (Å²) in [5.41, 5.74) is 6.86. The van der Waals surface area contributed by atoms with Crippen LogP contribution in [0.15, 0.2) is 23.7 Å². The molecule has 0 saturated heterocycles. The molecule has 2 aromatic rings. The van der Waals surface area contributed by atoms with Crippen LogP contribution in [-0.2, 0) is 13.0 Å². The van der Waals surface area contributed by atoms with Crippen molar-refractivity contribution in [3.63, 3.8) is 0 Å². The summed E-state index contributed by atoms with van der Waals surface area (Å²) in [5, 5.41) is 2.12. The maximum Gasteiger partial charge on any atom is 0.132 e. The standard InChI is InChI=1S/C13H18N4S/c1-10-5-8-18-11(10)9-17(2)13-4-7-15-12(16-13)3-6-14/h4-5,7-8H,3,6,9,14H2,1-2H3. The van der Waals surface area contributed by atoms with Crippen molar-refractivity contribution < 1.29 is 0 Å². The topological polar surface area (TPSA) is 55.0 Å². The van der Waals surface area contributed by atoms with Gasteiger partial charge in [-0.15, -0.1) is 11.3 Å². The lowest BCUT2D eigenvalue weighted by atomic mass is 10.3. The number of nitrogens with two attached hydrogens (primary N) is 1. The van der Waals surface area contributed by atoms with E-state index >= 15 is 0 Å². The van der Waals surface area contributed by atoms with Gasteiger partial charge in [0.05, 0.1) is 6.54 Å². The summed E-state index contributed by atoms with van der Waals surface area (Å²) in [6, 6.07) is 4.08. The summed E-state index contributed by atoms with van der Waals surface area (Å²) in [6.07, 6.45) is 2.52. The molecular formula is C13H18N4S. The molecule has 2 rings (SSSR count). The molecule has 2 heterocycles. The number of aryl methyl sites for hydroxylation is 1. The van der Waals surface area contributed by atoms with Crippen LogP contribution in [0.1, 0.15) is 16.3 Å². The van der Waals surface area contributed by atoms with Crippen molar-refractivity contribution in [3.05, 3.63) is 40.0 Å². The molecule has 0 atom stereocenters. The summed E-state index contributed by atoms with van der Waals surface area (Å²) < 4.78 is 0. The summed E-state index contributed by atoms with van der Waals surface area (Å²) >= 11 is 1.78. The minimum absolute atomic E-state index is 0.581. The highest BCUT2D eigenvalue weighted by Crippen LogP contribution is 2.19. The Labute approximate surface area is 111 Å². The van der Waals surface area contributed by atoms with E-state index in [-0.39, 0.29) is 0 Å². The highest BCUT2D eigenvalue weighted by molar-refractivity contribution is 7.10. The molecule has 0 unspecified atom stereocenters. The molecule has 0 aliphatic heterocycles. The SMILES string of the molecule is Cc1ccsc1CN(C)c1ccnc(CCN)n1. The molecule has 0 aliphatic rings. The van der Waals surface area contributed by atoms with Gasteiger partial charge in [-0.05, 0) is 36.5 Å². The molecule has 0 bridgehead atoms. The molecule has 4 nitrogen and oxygen atoms in total. The minimum Gasteiger partial charge on any atom is -0.354 e. The molecule has 0 amide bonds. The van der Waals surface area contributed by atoms with Gasteiger partial charge in [0.15, 0.2) is 0 Å². The van der Waals surface area contributed by atoms with Crippen molar-refractivity contribution in [2.45, 2.75) is 19.9 Å². The third kappa shape index (κ3) is 3.05. The number of hydrogen-bond acceptors (Lipinski definition) is 5. The van der Waals surface area contributed by atoms with Crippen molar-refractivity contribution >= 4 is 17.2 Å². The van der Waals surface area contributed by atoms with Crippen LogP contribution in [0.2, 0.25) is 0 Å². The summed E-state index contributed by atoms with van der Waals surface area (Å²) in [4.78, 5) is 12.2. The lowest BCUT2D eigenvalue weighted by Crippen LogP contribution is -2.18. The molecule has 0 aromatic carbocycles. The van der Waals surface area contributed by atoms with Gasteiger partial charge in [0.25, 0.3) is 0 Å². The Balaban J connectivity index is 2.11. The van der Waals surface area contributed by atoms with Gasteiger partial charge in [-0.2, -0.15) is 0 Å². The van der Waals surface area contributed by atoms with Crippen molar-refractivity contribution in [3.8, 4) is 0 Å². The average Bonchev–Trinajstić information content (AvgIpc) is 2.76. The van der Waals surface area contributed by atoms with Crippen molar-refractivity contribution in [1.82, 2.24) is 9.97 Å². The van der Waals surface area contributed by atoms with E-state index in [9.17, 15) is 0 Å². The van der Waals surface area contributed by atoms with Crippen LogP contribution in [0.25, 0.3) is 0 Å². The fourth-order valence-electron chi connectivity index (χ4n) is 1.71. The lowest BCUT2D eigenvalue weighted by Gasteiger charge is -2.18. The Kier molecular flexibility index (Phi) is 4.28. The van der Waals surface area contributed by atoms with E-state index in [2.05, 4.69) is 33.2 Å². The predicted molar refractivity (Wildman–Crippen MR) is 76.0 cm³/mol. The number of aromatic nitrogens is 2. The number of rotatable bonds is 5. The second-order valence-corrected chi connectivity index (χ2v) is 5.25. The second kappa shape index (κ2) is 5.93. The average molecular weight is 262 g/mol. The highest BCUT2D eigenvalue weighted by atomic mass is 32.1. The summed E-state index contributed by atoms with van der Waals surface area (Å²) in [6.45, 7) is 3.60. The van der Waals surface area contributed by atoms with Gasteiger partial charge in [0, 0.05) is 24.5 Å². The van der Waals surface area contributed by atoms with E-state index < -0.39 is 0 Å². The van der Waals surface area contributed by atoms with E-state index in [4.69, 9.17) is 5.73 Å². The first-order chi connectivity index (χ1) is 8.70. The third-order valence-corrected chi connectivity index (χ3v) is 3.81. The zero-order valence-electron chi connectivity index (χ0n) is 10.8. The van der Waals surface area contributed by atoms with Gasteiger partial charge < -0.3 is 10.6 Å². The van der Waals surface area contributed by atoms with Crippen LogP contribution in [0.4, 0.5) is 5.82 Å². The minimum atomic E-state index is 0.581. The van der Waals surface area contributed by atoms with Crippen molar-refractivity contribution in [2.75, 3.05) is 18.5 Å². The van der Waals surface area contributed by atoms with Gasteiger partial charge >= 0.3 is 0 Å². The molecule has 0 radical (unpaired) electrons. The Hall–Kier alpha value is -1.46. The van der Waals surface area contributed by atoms with Crippen LogP contribution in [0, 0.1) is 6.92 Å². The molecule has 0 saturated carbocycles. The molecule has 0 fully saturated rings. The quantitative estimate of drug-likeness (QED) is 0.895. The van der Waals surface area contributed by atoms with Crippen LogP contribution < -0.4 is 10.6 Å². The number of hydrogen-bond donors (Lipinski definition) is 1. The summed E-state index contributed by atoms with van der Waals surface area (Å²) in [5.74, 6) is 1.76. The normalized spacial score (nSPS) is 10.6. The smallest absolute Gasteiger partial charge is 0.132 e.